The zero-order chi connectivity index (χ0) is 24.5. The Morgan fingerprint density at radius 2 is 1.66 bits per heavy atom. The second-order valence-corrected chi connectivity index (χ2v) is 9.29. The third kappa shape index (κ3) is 4.40. The molecule has 2 aliphatic rings. The molecule has 3 aromatic rings. The maximum Gasteiger partial charge on any atom is 0.254 e. The van der Waals surface area contributed by atoms with Crippen LogP contribution in [0.4, 0.5) is 10.1 Å². The van der Waals surface area contributed by atoms with Gasteiger partial charge in [0.15, 0.2) is 5.78 Å². The molecule has 1 aliphatic carbocycles. The molecule has 1 amide bonds. The summed E-state index contributed by atoms with van der Waals surface area (Å²) in [4.78, 5) is 27.2. The fourth-order valence-corrected chi connectivity index (χ4v) is 5.32. The molecule has 1 heterocycles. The molecule has 3 aromatic carbocycles. The van der Waals surface area contributed by atoms with Gasteiger partial charge in [0.05, 0.1) is 5.69 Å². The van der Waals surface area contributed by atoms with Gasteiger partial charge in [-0.15, -0.1) is 0 Å². The number of hydrogen-bond acceptors (Lipinski definition) is 3. The van der Waals surface area contributed by atoms with E-state index in [1.54, 1.807) is 25.1 Å². The maximum absolute atomic E-state index is 14.3. The summed E-state index contributed by atoms with van der Waals surface area (Å²) in [5, 5.41) is 6.49. The van der Waals surface area contributed by atoms with Crippen molar-refractivity contribution >= 4 is 29.0 Å². The van der Waals surface area contributed by atoms with E-state index < -0.39 is 17.6 Å². The first-order chi connectivity index (χ1) is 16.9. The minimum absolute atomic E-state index is 0.0267. The lowest BCUT2D eigenvalue weighted by atomic mass is 9.71. The van der Waals surface area contributed by atoms with Crippen LogP contribution in [0, 0.1) is 5.82 Å². The van der Waals surface area contributed by atoms with Gasteiger partial charge in [-0.25, -0.2) is 4.39 Å². The molecule has 0 bridgehead atoms. The molecule has 2 atom stereocenters. The molecule has 1 aliphatic heterocycles. The Kier molecular flexibility index (Phi) is 6.27. The van der Waals surface area contributed by atoms with Gasteiger partial charge in [-0.05, 0) is 48.6 Å². The van der Waals surface area contributed by atoms with Crippen molar-refractivity contribution in [3.05, 3.63) is 123 Å². The largest absolute Gasteiger partial charge is 0.362 e. The topological polar surface area (TPSA) is 58.2 Å². The monoisotopic (exact) mass is 486 g/mol. The lowest BCUT2D eigenvalue weighted by Crippen LogP contribution is -2.37. The van der Waals surface area contributed by atoms with Crippen LogP contribution in [-0.4, -0.2) is 11.7 Å². The van der Waals surface area contributed by atoms with Gasteiger partial charge >= 0.3 is 0 Å². The van der Waals surface area contributed by atoms with Crippen molar-refractivity contribution in [2.24, 2.45) is 0 Å². The average Bonchev–Trinajstić information content (AvgIpc) is 2.85. The predicted molar refractivity (Wildman–Crippen MR) is 136 cm³/mol. The number of rotatable bonds is 4. The van der Waals surface area contributed by atoms with E-state index in [4.69, 9.17) is 11.6 Å². The number of para-hydroxylation sites is 1. The van der Waals surface area contributed by atoms with Gasteiger partial charge in [-0.3, -0.25) is 9.59 Å². The number of carbonyl (C=O) groups is 2. The van der Waals surface area contributed by atoms with Gasteiger partial charge in [0, 0.05) is 39.9 Å². The van der Waals surface area contributed by atoms with Gasteiger partial charge in [0.25, 0.3) is 5.91 Å². The van der Waals surface area contributed by atoms with E-state index >= 15 is 0 Å². The molecular weight excluding hydrogens is 463 g/mol. The lowest BCUT2D eigenvalue weighted by molar-refractivity contribution is -0.116. The van der Waals surface area contributed by atoms with Crippen LogP contribution in [0.1, 0.15) is 42.7 Å². The lowest BCUT2D eigenvalue weighted by Gasteiger charge is -2.37. The Hall–Kier alpha value is -3.70. The Labute approximate surface area is 208 Å². The first kappa shape index (κ1) is 23.1. The molecule has 5 rings (SSSR count). The molecule has 0 saturated carbocycles. The molecule has 0 saturated heterocycles. The number of allylic oxidation sites excluding steroid dienone is 3. The summed E-state index contributed by atoms with van der Waals surface area (Å²) in [6.45, 7) is 1.81. The molecule has 0 spiro atoms. The smallest absolute Gasteiger partial charge is 0.254 e. The highest BCUT2D eigenvalue weighted by Crippen LogP contribution is 2.47. The van der Waals surface area contributed by atoms with Crippen molar-refractivity contribution in [3.63, 3.8) is 0 Å². The summed E-state index contributed by atoms with van der Waals surface area (Å²) in [5.74, 6) is -1.65. The number of amides is 1. The Balaban J connectivity index is 1.59. The van der Waals surface area contributed by atoms with E-state index in [9.17, 15) is 14.0 Å². The highest BCUT2D eigenvalue weighted by Gasteiger charge is 2.41. The number of nitrogens with one attached hydrogen (secondary N) is 2. The SMILES string of the molecule is CC1=C(C(=O)Nc2ccccc2F)C(c2ccccc2Cl)C2=C(CC(c3ccccc3)CC2=O)N1. The van der Waals surface area contributed by atoms with Crippen LogP contribution in [0.15, 0.2) is 101 Å². The molecule has 0 radical (unpaired) electrons. The van der Waals surface area contributed by atoms with Crippen LogP contribution in [0.3, 0.4) is 0 Å². The molecule has 0 fully saturated rings. The first-order valence-electron chi connectivity index (χ1n) is 11.5. The third-order valence-corrected chi connectivity index (χ3v) is 7.03. The molecule has 0 aromatic heterocycles. The van der Waals surface area contributed by atoms with Gasteiger partial charge in [0.1, 0.15) is 5.82 Å². The summed E-state index contributed by atoms with van der Waals surface area (Å²) in [6.07, 6.45) is 0.984. The molecule has 2 unspecified atom stereocenters. The fourth-order valence-electron chi connectivity index (χ4n) is 5.07. The Morgan fingerprint density at radius 3 is 2.40 bits per heavy atom. The number of ketones is 1. The molecular formula is C29H24ClFN2O2. The third-order valence-electron chi connectivity index (χ3n) is 6.68. The van der Waals surface area contributed by atoms with E-state index in [0.29, 0.717) is 40.3 Å². The van der Waals surface area contributed by atoms with Crippen molar-refractivity contribution < 1.29 is 14.0 Å². The fraction of sp³-hybridized carbons (Fsp3) is 0.172. The highest BCUT2D eigenvalue weighted by molar-refractivity contribution is 6.31. The molecule has 176 valence electrons. The molecule has 35 heavy (non-hydrogen) atoms. The summed E-state index contributed by atoms with van der Waals surface area (Å²) in [5.41, 5.74) is 4.18. The number of halogens is 2. The van der Waals surface area contributed by atoms with Crippen LogP contribution in [0.2, 0.25) is 5.02 Å². The van der Waals surface area contributed by atoms with E-state index in [-0.39, 0.29) is 17.4 Å². The van der Waals surface area contributed by atoms with E-state index in [0.717, 1.165) is 11.3 Å². The first-order valence-corrected chi connectivity index (χ1v) is 11.9. The minimum atomic E-state index is -0.657. The van der Waals surface area contributed by atoms with Crippen LogP contribution < -0.4 is 10.6 Å². The van der Waals surface area contributed by atoms with Gasteiger partial charge in [-0.2, -0.15) is 0 Å². The van der Waals surface area contributed by atoms with Crippen molar-refractivity contribution in [2.45, 2.75) is 31.6 Å². The van der Waals surface area contributed by atoms with Gasteiger partial charge in [-0.1, -0.05) is 72.3 Å². The summed E-state index contributed by atoms with van der Waals surface area (Å²) < 4.78 is 14.3. The summed E-state index contributed by atoms with van der Waals surface area (Å²) in [7, 11) is 0. The number of anilines is 1. The average molecular weight is 487 g/mol. The van der Waals surface area contributed by atoms with Crippen molar-refractivity contribution in [3.8, 4) is 0 Å². The minimum Gasteiger partial charge on any atom is -0.362 e. The van der Waals surface area contributed by atoms with Gasteiger partial charge < -0.3 is 10.6 Å². The van der Waals surface area contributed by atoms with Crippen LogP contribution in [0.5, 0.6) is 0 Å². The van der Waals surface area contributed by atoms with Gasteiger partial charge in [0.2, 0.25) is 0 Å². The molecule has 2 N–H and O–H groups in total. The Morgan fingerprint density at radius 1 is 0.971 bits per heavy atom. The maximum atomic E-state index is 14.3. The van der Waals surface area contributed by atoms with Crippen LogP contribution in [0.25, 0.3) is 0 Å². The number of carbonyl (C=O) groups excluding carboxylic acids is 2. The van der Waals surface area contributed by atoms with E-state index in [1.807, 2.05) is 48.5 Å². The number of benzene rings is 3. The number of dihydropyridines is 1. The Bertz CT molecular complexity index is 1380. The summed E-state index contributed by atoms with van der Waals surface area (Å²) in [6, 6.07) is 23.2. The molecule has 4 nitrogen and oxygen atoms in total. The van der Waals surface area contributed by atoms with Crippen molar-refractivity contribution in [1.29, 1.82) is 0 Å². The normalized spacial score (nSPS) is 19.8. The summed E-state index contributed by atoms with van der Waals surface area (Å²) >= 11 is 6.60. The standard InChI is InChI=1S/C29H24ClFN2O2/c1-17-26(29(35)33-23-14-8-7-13-22(23)31)27(20-11-5-6-12-21(20)30)28-24(32-17)15-19(16-25(28)34)18-9-3-2-4-10-18/h2-14,19,27,32H,15-16H2,1H3,(H,33,35). The molecule has 6 heteroatoms. The second-order valence-electron chi connectivity index (χ2n) is 8.88. The number of Topliss-reactive ketones (excluding diaryl/α,β-unsaturated/α-hetero) is 1. The van der Waals surface area contributed by atoms with Crippen molar-refractivity contribution in [1.82, 2.24) is 5.32 Å². The van der Waals surface area contributed by atoms with Crippen LogP contribution >= 0.6 is 11.6 Å². The second kappa shape index (κ2) is 9.51. The number of hydrogen-bond donors (Lipinski definition) is 2. The van der Waals surface area contributed by atoms with E-state index in [1.165, 1.54) is 12.1 Å². The highest BCUT2D eigenvalue weighted by atomic mass is 35.5. The quantitative estimate of drug-likeness (QED) is 0.443. The zero-order valence-corrected chi connectivity index (χ0v) is 19.9. The zero-order valence-electron chi connectivity index (χ0n) is 19.1. The van der Waals surface area contributed by atoms with E-state index in [2.05, 4.69) is 10.6 Å². The van der Waals surface area contributed by atoms with Crippen LogP contribution in [-0.2, 0) is 9.59 Å². The predicted octanol–water partition coefficient (Wildman–Crippen LogP) is 6.48. The van der Waals surface area contributed by atoms with Crippen molar-refractivity contribution in [2.75, 3.05) is 5.32 Å².